The topological polar surface area (TPSA) is 100 Å². The van der Waals surface area contributed by atoms with Gasteiger partial charge in [-0.3, -0.25) is 14.7 Å². The Morgan fingerprint density at radius 3 is 2.76 bits per heavy atom. The van der Waals surface area contributed by atoms with E-state index in [-0.39, 0.29) is 11.7 Å². The smallest absolute Gasteiger partial charge is 0.325 e. The number of aromatic nitrogens is 3. The van der Waals surface area contributed by atoms with E-state index in [9.17, 15) is 15.1 Å². The number of nitrogens with zero attached hydrogens (tertiary/aromatic N) is 3. The molecule has 2 saturated carbocycles. The lowest BCUT2D eigenvalue weighted by Crippen LogP contribution is -2.42. The van der Waals surface area contributed by atoms with E-state index < -0.39 is 11.5 Å². The largest absolute Gasteiger partial charge is 0.491 e. The summed E-state index contributed by atoms with van der Waals surface area (Å²) in [5, 5.41) is 29.1. The highest BCUT2D eigenvalue weighted by molar-refractivity contribution is 6.04. The summed E-state index contributed by atoms with van der Waals surface area (Å²) >= 11 is 0. The van der Waals surface area contributed by atoms with Gasteiger partial charge in [0.25, 0.3) is 0 Å². The number of amides is 1. The summed E-state index contributed by atoms with van der Waals surface area (Å²) in [5.41, 5.74) is 1.48. The number of hydrogen-bond acceptors (Lipinski definition) is 5. The minimum atomic E-state index is -0.594. The Balaban J connectivity index is 1.44. The molecular formula is C25H31N4O4+. The summed E-state index contributed by atoms with van der Waals surface area (Å²) in [4.78, 5) is 12.9. The van der Waals surface area contributed by atoms with E-state index in [0.717, 1.165) is 54.2 Å². The maximum atomic E-state index is 12.9. The van der Waals surface area contributed by atoms with Crippen LogP contribution in [-0.4, -0.2) is 38.2 Å². The van der Waals surface area contributed by atoms with Crippen LogP contribution in [0.3, 0.4) is 0 Å². The number of aryl methyl sites for hydroxylation is 1. The second-order valence-electron chi connectivity index (χ2n) is 9.82. The molecule has 2 heterocycles. The lowest BCUT2D eigenvalue weighted by Gasteiger charge is -2.33. The van der Waals surface area contributed by atoms with Crippen molar-refractivity contribution in [1.82, 2.24) is 9.78 Å². The molecule has 0 radical (unpaired) electrons. The number of pyridine rings is 1. The van der Waals surface area contributed by atoms with Crippen LogP contribution in [-0.2, 0) is 0 Å². The van der Waals surface area contributed by atoms with Gasteiger partial charge in [-0.05, 0) is 63.5 Å². The van der Waals surface area contributed by atoms with Crippen LogP contribution in [0.4, 0.5) is 5.69 Å². The van der Waals surface area contributed by atoms with Gasteiger partial charge < -0.3 is 15.2 Å². The summed E-state index contributed by atoms with van der Waals surface area (Å²) in [6, 6.07) is 9.04. The summed E-state index contributed by atoms with van der Waals surface area (Å²) in [7, 11) is 0. The van der Waals surface area contributed by atoms with Crippen LogP contribution in [0.25, 0.3) is 10.9 Å². The van der Waals surface area contributed by atoms with Crippen molar-refractivity contribution in [3.63, 3.8) is 0 Å². The minimum Gasteiger partial charge on any atom is -0.491 e. The fraction of sp³-hybridized carbons (Fsp3) is 0.480. The molecule has 0 spiro atoms. The Kier molecular flexibility index (Phi) is 5.48. The van der Waals surface area contributed by atoms with Gasteiger partial charge in [0, 0.05) is 41.4 Å². The summed E-state index contributed by atoms with van der Waals surface area (Å²) in [5.74, 6) is 0.726. The SMILES string of the molecule is Cc1cccc(C(=O)Nc2cc3cn(C4CCC(C)(O)CC4)nc3cc2OCC2CC2)[n+]1O. The first-order chi connectivity index (χ1) is 15.8. The van der Waals surface area contributed by atoms with E-state index in [4.69, 9.17) is 9.84 Å². The predicted octanol–water partition coefficient (Wildman–Crippen LogP) is 3.78. The molecule has 2 fully saturated rings. The number of hydrogen-bond donors (Lipinski definition) is 3. The summed E-state index contributed by atoms with van der Waals surface area (Å²) in [6.07, 6.45) is 7.58. The third-order valence-electron chi connectivity index (χ3n) is 6.84. The lowest BCUT2D eigenvalue weighted by molar-refractivity contribution is -0.909. The Hall–Kier alpha value is -3.13. The van der Waals surface area contributed by atoms with Crippen LogP contribution in [0.2, 0.25) is 0 Å². The number of nitrogens with one attached hydrogen (secondary N) is 1. The molecule has 1 aromatic carbocycles. The number of carbonyl (C=O) groups excluding carboxylic acids is 1. The van der Waals surface area contributed by atoms with Crippen molar-refractivity contribution in [2.45, 2.75) is 64.0 Å². The fourth-order valence-corrected chi connectivity index (χ4v) is 4.42. The molecule has 0 bridgehead atoms. The quantitative estimate of drug-likeness (QED) is 0.391. The highest BCUT2D eigenvalue weighted by Gasteiger charge is 2.30. The molecule has 0 aliphatic heterocycles. The van der Waals surface area contributed by atoms with E-state index >= 15 is 0 Å². The zero-order chi connectivity index (χ0) is 23.2. The normalized spacial score (nSPS) is 22.9. The Morgan fingerprint density at radius 1 is 1.27 bits per heavy atom. The Bertz CT molecular complexity index is 1190. The molecule has 3 aromatic rings. The second kappa shape index (κ2) is 8.33. The number of aliphatic hydroxyl groups is 1. The molecule has 5 rings (SSSR count). The van der Waals surface area contributed by atoms with E-state index in [1.807, 2.05) is 29.9 Å². The standard InChI is InChI=1S/C25H30N4O4/c1-16-4-3-5-22(29(16)32)24(30)26-21-12-18-14-28(19-8-10-25(2,31)11-9-19)27-20(18)13-23(21)33-15-17-6-7-17/h3-5,12-14,17,19,31H,6-11,15H2,1-2H3,(H-,26,30,32)/p+1. The maximum absolute atomic E-state index is 12.9. The molecule has 33 heavy (non-hydrogen) atoms. The Morgan fingerprint density at radius 2 is 2.03 bits per heavy atom. The van der Waals surface area contributed by atoms with E-state index in [1.54, 1.807) is 25.1 Å². The van der Waals surface area contributed by atoms with Gasteiger partial charge in [-0.25, -0.2) is 0 Å². The van der Waals surface area contributed by atoms with Gasteiger partial charge in [0.15, 0.2) is 0 Å². The number of rotatable bonds is 6. The third-order valence-corrected chi connectivity index (χ3v) is 6.84. The number of carbonyl (C=O) groups is 1. The van der Waals surface area contributed by atoms with Gasteiger partial charge in [-0.15, -0.1) is 0 Å². The molecule has 0 saturated heterocycles. The monoisotopic (exact) mass is 451 g/mol. The van der Waals surface area contributed by atoms with Crippen LogP contribution in [0.5, 0.6) is 5.75 Å². The number of anilines is 1. The van der Waals surface area contributed by atoms with Crippen molar-refractivity contribution >= 4 is 22.5 Å². The molecule has 2 aliphatic rings. The van der Waals surface area contributed by atoms with Crippen molar-refractivity contribution in [3.05, 3.63) is 47.9 Å². The Labute approximate surface area is 192 Å². The van der Waals surface area contributed by atoms with Crippen LogP contribution in [0, 0.1) is 12.8 Å². The highest BCUT2D eigenvalue weighted by Crippen LogP contribution is 2.37. The van der Waals surface area contributed by atoms with Gasteiger partial charge in [0.1, 0.15) is 5.75 Å². The minimum absolute atomic E-state index is 0.146. The van der Waals surface area contributed by atoms with Crippen molar-refractivity contribution < 1.29 is 24.6 Å². The molecule has 2 aliphatic carbocycles. The van der Waals surface area contributed by atoms with Gasteiger partial charge in [0.2, 0.25) is 5.69 Å². The summed E-state index contributed by atoms with van der Waals surface area (Å²) in [6.45, 7) is 4.23. The predicted molar refractivity (Wildman–Crippen MR) is 123 cm³/mol. The van der Waals surface area contributed by atoms with Crippen molar-refractivity contribution in [2.24, 2.45) is 5.92 Å². The number of ether oxygens (including phenoxy) is 1. The molecule has 2 aromatic heterocycles. The van der Waals surface area contributed by atoms with Gasteiger partial charge in [0.05, 0.1) is 29.5 Å². The third kappa shape index (κ3) is 4.66. The number of fused-ring (bicyclic) bond motifs is 1. The molecule has 1 amide bonds. The van der Waals surface area contributed by atoms with Crippen LogP contribution < -0.4 is 14.8 Å². The van der Waals surface area contributed by atoms with Crippen molar-refractivity contribution in [1.29, 1.82) is 0 Å². The molecular weight excluding hydrogens is 420 g/mol. The summed E-state index contributed by atoms with van der Waals surface area (Å²) < 4.78 is 8.94. The van der Waals surface area contributed by atoms with Gasteiger partial charge >= 0.3 is 11.6 Å². The zero-order valence-corrected chi connectivity index (χ0v) is 19.1. The highest BCUT2D eigenvalue weighted by atomic mass is 16.5. The average molecular weight is 452 g/mol. The van der Waals surface area contributed by atoms with Crippen LogP contribution in [0.1, 0.15) is 67.7 Å². The number of benzene rings is 1. The van der Waals surface area contributed by atoms with Crippen LogP contribution in [0.15, 0.2) is 36.5 Å². The second-order valence-corrected chi connectivity index (χ2v) is 9.82. The first kappa shape index (κ1) is 21.7. The molecule has 8 nitrogen and oxygen atoms in total. The lowest BCUT2D eigenvalue weighted by atomic mass is 9.84. The van der Waals surface area contributed by atoms with E-state index in [2.05, 4.69) is 5.32 Å². The molecule has 0 unspecified atom stereocenters. The first-order valence-corrected chi connectivity index (χ1v) is 11.7. The zero-order valence-electron chi connectivity index (χ0n) is 19.1. The fourth-order valence-electron chi connectivity index (χ4n) is 4.42. The first-order valence-electron chi connectivity index (χ1n) is 11.7. The maximum Gasteiger partial charge on any atom is 0.325 e. The molecule has 0 atom stereocenters. The molecule has 174 valence electrons. The van der Waals surface area contributed by atoms with Gasteiger partial charge in [-0.2, -0.15) is 5.10 Å². The molecule has 8 heteroatoms. The van der Waals surface area contributed by atoms with Gasteiger partial charge in [-0.1, -0.05) is 0 Å². The van der Waals surface area contributed by atoms with Crippen LogP contribution >= 0.6 is 0 Å². The molecule has 3 N–H and O–H groups in total. The van der Waals surface area contributed by atoms with E-state index in [1.165, 1.54) is 0 Å². The average Bonchev–Trinajstić information content (AvgIpc) is 3.52. The van der Waals surface area contributed by atoms with E-state index in [0.29, 0.717) is 29.7 Å². The van der Waals surface area contributed by atoms with Crippen molar-refractivity contribution in [2.75, 3.05) is 11.9 Å². The van der Waals surface area contributed by atoms with Crippen molar-refractivity contribution in [3.8, 4) is 5.75 Å².